The van der Waals surface area contributed by atoms with E-state index in [2.05, 4.69) is 0 Å². The van der Waals surface area contributed by atoms with Crippen molar-refractivity contribution in [1.29, 1.82) is 5.26 Å². The Kier molecular flexibility index (Phi) is 6.93. The van der Waals surface area contributed by atoms with Crippen LogP contribution in [-0.2, 0) is 11.8 Å². The summed E-state index contributed by atoms with van der Waals surface area (Å²) in [5, 5.41) is 10.5. The molecule has 0 saturated carbocycles. The molecule has 0 radical (unpaired) electrons. The van der Waals surface area contributed by atoms with Gasteiger partial charge in [0.1, 0.15) is 0 Å². The summed E-state index contributed by atoms with van der Waals surface area (Å²) in [6.45, 7) is 0.491. The lowest BCUT2D eigenvalue weighted by Crippen LogP contribution is -2.32. The lowest BCUT2D eigenvalue weighted by Gasteiger charge is -2.32. The minimum absolute atomic E-state index is 0.0651. The van der Waals surface area contributed by atoms with Gasteiger partial charge in [0.25, 0.3) is 0 Å². The second kappa shape index (κ2) is 12.4. The molecule has 1 atom stereocenters. The standard InChI is InChI=1S/C27H38N2O4/c1-20(2)27(19-28,22-10-12-24(31-5)26(18-22)33-7)14-8-15-29(3)16-13-21-9-11-23(30-4)25(17-21)32-6/h9-12,17-18,20H,8,13-16H2,1-7H3/i8D2,14D2,15D2. The van der Waals surface area contributed by atoms with E-state index in [0.29, 0.717) is 23.7 Å². The lowest BCUT2D eigenvalue weighted by molar-refractivity contribution is 0.292. The van der Waals surface area contributed by atoms with Crippen molar-refractivity contribution < 1.29 is 27.2 Å². The summed E-state index contributed by atoms with van der Waals surface area (Å²) in [7, 11) is 7.29. The molecule has 0 fully saturated rings. The first kappa shape index (κ1) is 18.5. The number of hydrogen-bond donors (Lipinski definition) is 0. The van der Waals surface area contributed by atoms with Crippen LogP contribution in [0.3, 0.4) is 0 Å². The fourth-order valence-corrected chi connectivity index (χ4v) is 3.46. The summed E-state index contributed by atoms with van der Waals surface area (Å²) in [6, 6.07) is 11.8. The summed E-state index contributed by atoms with van der Waals surface area (Å²) in [4.78, 5) is 1.14. The lowest BCUT2D eigenvalue weighted by atomic mass is 9.69. The van der Waals surface area contributed by atoms with Crippen molar-refractivity contribution in [2.75, 3.05) is 48.5 Å². The van der Waals surface area contributed by atoms with E-state index >= 15 is 0 Å². The minimum atomic E-state index is -3.14. The Morgan fingerprint density at radius 1 is 0.939 bits per heavy atom. The maximum absolute atomic E-state index is 10.5. The van der Waals surface area contributed by atoms with E-state index in [0.717, 1.165) is 10.5 Å². The highest BCUT2D eigenvalue weighted by Gasteiger charge is 2.36. The molecule has 2 aromatic rings. The molecule has 6 nitrogen and oxygen atoms in total. The number of rotatable bonds is 13. The quantitative estimate of drug-likeness (QED) is 0.415. The number of nitriles is 1. The molecule has 6 heteroatoms. The van der Waals surface area contributed by atoms with Crippen LogP contribution in [0, 0.1) is 17.2 Å². The van der Waals surface area contributed by atoms with Gasteiger partial charge < -0.3 is 23.8 Å². The third-order valence-electron chi connectivity index (χ3n) is 5.57. The zero-order valence-electron chi connectivity index (χ0n) is 26.5. The number of ether oxygens (including phenoxy) is 4. The average molecular weight is 461 g/mol. The number of benzene rings is 2. The van der Waals surface area contributed by atoms with Crippen LogP contribution in [0.5, 0.6) is 23.0 Å². The van der Waals surface area contributed by atoms with Crippen LogP contribution in [0.4, 0.5) is 0 Å². The highest BCUT2D eigenvalue weighted by atomic mass is 16.5. The van der Waals surface area contributed by atoms with Gasteiger partial charge in [-0.15, -0.1) is 0 Å². The summed E-state index contributed by atoms with van der Waals surface area (Å²) in [5.74, 6) is 0.940. The molecule has 0 saturated heterocycles. The first-order valence-corrected chi connectivity index (χ1v) is 10.7. The second-order valence-electron chi connectivity index (χ2n) is 7.87. The molecule has 180 valence electrons. The highest BCUT2D eigenvalue weighted by molar-refractivity contribution is 5.47. The van der Waals surface area contributed by atoms with Crippen LogP contribution in [0.2, 0.25) is 0 Å². The molecule has 2 aromatic carbocycles. The third kappa shape index (κ3) is 6.33. The van der Waals surface area contributed by atoms with Gasteiger partial charge in [-0.3, -0.25) is 0 Å². The van der Waals surface area contributed by atoms with Crippen LogP contribution in [0.25, 0.3) is 0 Å². The van der Waals surface area contributed by atoms with E-state index in [9.17, 15) is 5.26 Å². The fraction of sp³-hybridized carbons (Fsp3) is 0.519. The molecule has 0 aliphatic heterocycles. The minimum Gasteiger partial charge on any atom is -0.493 e. The van der Waals surface area contributed by atoms with Gasteiger partial charge in [0.2, 0.25) is 0 Å². The van der Waals surface area contributed by atoms with E-state index in [1.54, 1.807) is 32.0 Å². The highest BCUT2D eigenvalue weighted by Crippen LogP contribution is 2.40. The number of methoxy groups -OCH3 is 4. The van der Waals surface area contributed by atoms with E-state index in [1.165, 1.54) is 53.7 Å². The number of nitrogens with zero attached hydrogens (tertiary/aromatic N) is 2. The predicted molar refractivity (Wildman–Crippen MR) is 132 cm³/mol. The molecule has 1 unspecified atom stereocenters. The summed E-state index contributed by atoms with van der Waals surface area (Å²) >= 11 is 0. The normalized spacial score (nSPS) is 16.8. The molecule has 0 amide bonds. The van der Waals surface area contributed by atoms with Gasteiger partial charge in [0, 0.05) is 14.8 Å². The summed E-state index contributed by atoms with van der Waals surface area (Å²) in [6.07, 6.45) is -5.80. The van der Waals surface area contributed by atoms with Gasteiger partial charge in [0.05, 0.1) is 39.9 Å². The smallest absolute Gasteiger partial charge is 0.161 e. The predicted octanol–water partition coefficient (Wildman–Crippen LogP) is 5.09. The largest absolute Gasteiger partial charge is 0.493 e. The van der Waals surface area contributed by atoms with Crippen LogP contribution >= 0.6 is 0 Å². The Morgan fingerprint density at radius 3 is 2.06 bits per heavy atom. The van der Waals surface area contributed by atoms with Crippen LogP contribution in [-0.4, -0.2) is 53.4 Å². The average Bonchev–Trinajstić information content (AvgIpc) is 2.91. The van der Waals surface area contributed by atoms with Crippen LogP contribution in [0.15, 0.2) is 36.4 Å². The summed E-state index contributed by atoms with van der Waals surface area (Å²) < 4.78 is 74.6. The van der Waals surface area contributed by atoms with Gasteiger partial charge in [0.15, 0.2) is 23.0 Å². The van der Waals surface area contributed by atoms with Crippen molar-refractivity contribution in [3.8, 4) is 29.1 Å². The fourth-order valence-electron chi connectivity index (χ4n) is 3.46. The van der Waals surface area contributed by atoms with E-state index in [-0.39, 0.29) is 17.9 Å². The first-order valence-electron chi connectivity index (χ1n) is 13.7. The third-order valence-corrected chi connectivity index (χ3v) is 5.57. The molecule has 0 spiro atoms. The van der Waals surface area contributed by atoms with Crippen molar-refractivity contribution in [3.63, 3.8) is 0 Å². The first-order chi connectivity index (χ1) is 18.1. The van der Waals surface area contributed by atoms with Gasteiger partial charge in [-0.1, -0.05) is 26.0 Å². The zero-order valence-corrected chi connectivity index (χ0v) is 20.5. The van der Waals surface area contributed by atoms with Gasteiger partial charge in [-0.25, -0.2) is 0 Å². The molecule has 0 aliphatic carbocycles. The monoisotopic (exact) mass is 460 g/mol. The second-order valence-corrected chi connectivity index (χ2v) is 7.87. The molecule has 0 N–H and O–H groups in total. The van der Waals surface area contributed by atoms with Gasteiger partial charge >= 0.3 is 0 Å². The molecule has 0 bridgehead atoms. The van der Waals surface area contributed by atoms with Crippen molar-refractivity contribution in [1.82, 2.24) is 4.90 Å². The van der Waals surface area contributed by atoms with E-state index in [1.807, 2.05) is 6.07 Å². The van der Waals surface area contributed by atoms with Crippen molar-refractivity contribution in [3.05, 3.63) is 47.5 Å². The Labute approximate surface area is 207 Å². The number of hydrogen-bond acceptors (Lipinski definition) is 6. The number of likely N-dealkylation sites (N-methyl/N-ethyl adjacent to an activating group) is 1. The van der Waals surface area contributed by atoms with E-state index < -0.39 is 30.6 Å². The Morgan fingerprint density at radius 2 is 1.52 bits per heavy atom. The molecular weight excluding hydrogens is 416 g/mol. The van der Waals surface area contributed by atoms with Gasteiger partial charge in [-0.05, 0) is 74.0 Å². The Hall–Kier alpha value is -2.91. The zero-order chi connectivity index (χ0) is 29.8. The van der Waals surface area contributed by atoms with Crippen molar-refractivity contribution in [2.45, 2.75) is 38.4 Å². The SMILES string of the molecule is [2H]C([2H])(N(C)CCc1ccc(OC)c(OC)c1)C([2H])([2H])C([2H])([2H])C(C#N)(c1ccc(OC)c(OC)c1)C(C)C. The molecular formula is C27H38N2O4. The van der Waals surface area contributed by atoms with Crippen LogP contribution in [0.1, 0.15) is 45.9 Å². The molecule has 33 heavy (non-hydrogen) atoms. The Balaban J connectivity index is 2.51. The van der Waals surface area contributed by atoms with Crippen LogP contribution < -0.4 is 18.9 Å². The van der Waals surface area contributed by atoms with Crippen molar-refractivity contribution >= 4 is 0 Å². The van der Waals surface area contributed by atoms with Crippen molar-refractivity contribution in [2.24, 2.45) is 5.92 Å². The topological polar surface area (TPSA) is 64.0 Å². The van der Waals surface area contributed by atoms with Gasteiger partial charge in [-0.2, -0.15) is 5.26 Å². The maximum Gasteiger partial charge on any atom is 0.161 e. The molecule has 0 aliphatic rings. The Bertz CT molecular complexity index is 1190. The maximum atomic E-state index is 10.5. The summed E-state index contributed by atoms with van der Waals surface area (Å²) in [5.41, 5.74) is -1.11. The molecule has 0 aromatic heterocycles. The molecule has 2 rings (SSSR count). The van der Waals surface area contributed by atoms with E-state index in [4.69, 9.17) is 27.2 Å². The molecule has 0 heterocycles.